The van der Waals surface area contributed by atoms with Crippen molar-refractivity contribution in [2.75, 3.05) is 100 Å². The van der Waals surface area contributed by atoms with Crippen molar-refractivity contribution in [2.45, 2.75) is 132 Å². The van der Waals surface area contributed by atoms with Crippen LogP contribution in [0.5, 0.6) is 5.75 Å². The van der Waals surface area contributed by atoms with Crippen LogP contribution in [0, 0.1) is 17.2 Å². The van der Waals surface area contributed by atoms with Gasteiger partial charge in [0, 0.05) is 178 Å². The Hall–Kier alpha value is -10.8. The molecule has 12 atom stereocenters. The number of carbonyl (C=O) groups excluding carboxylic acids is 5. The van der Waals surface area contributed by atoms with E-state index in [0.29, 0.717) is 81.9 Å². The molecule has 35 nitrogen and oxygen atoms in total. The maximum absolute atomic E-state index is 15.2. The number of aliphatic carboxylic acids is 2. The molecule has 2 bridgehead atoms. The van der Waals surface area contributed by atoms with Crippen LogP contribution in [-0.4, -0.2) is 250 Å². The summed E-state index contributed by atoms with van der Waals surface area (Å²) >= 11 is 0. The standard InChI is InChI=1S/C45H54N4O8.C20H23N7O7.C8H9FN2O3.C4H4N2O2.Ca/c1-8-27-19-28-22-44(40(51)55-6,36-30(25-48(23-27)24-28)29-13-10-11-14-33(29)46-36)32-20-31-34(21-35(32)54-5)47(4)38-43(31)16-18-49-17-12-15-42(9-2,37(43)49)39(57-26(3)50)45(38,53)41(52)56-7;21-20-25-16-15(18(32)26-20)27(9-28)12(8-23-16)7-22-11-3-1-10(2-4-11)17(31)24-13(19(33)34)5-6-14(29)30;9-5-4-11(6-2-1-3-14-6)8(13)10-7(5)12;7-3-1-2-5-4(8)6-3;/h10-15,19-21,28,37-39,46,53H,8-9,16-18,22-25H2,1-7H3;1-4,9,12-13,22H,5-8H2,(H,24,31)(H,29,30)(H,33,34)(H4,21,23,25,26,32);4,6H,1-3H2,(H,10,12,13);1-2H,(H2,5,6,7,8);/t28?,37-,38+,39+,42+,43+,44-,45-;12?,13-;;;/m00.../s1. The van der Waals surface area contributed by atoms with Crippen LogP contribution in [0.1, 0.15) is 111 Å². The number of rotatable bonds is 18. The minimum atomic E-state index is -2.27. The molecule has 3 fully saturated rings. The molecule has 1 aliphatic carbocycles. The molecule has 4 aromatic heterocycles. The summed E-state index contributed by atoms with van der Waals surface area (Å²) < 4.78 is 43.0. The molecule has 13 N–H and O–H groups in total. The van der Waals surface area contributed by atoms with Crippen molar-refractivity contribution >= 4 is 120 Å². The Bertz CT molecular complexity index is 5210. The predicted octanol–water partition coefficient (Wildman–Crippen LogP) is 2.69. The van der Waals surface area contributed by atoms with Crippen molar-refractivity contribution in [3.8, 4) is 5.75 Å². The number of aliphatic hydroxyl groups is 1. The van der Waals surface area contributed by atoms with E-state index in [0.717, 1.165) is 70.1 Å². The number of nitrogens with zero attached hydrogens (tertiary/aromatic N) is 6. The largest absolute Gasteiger partial charge is 0.496 e. The second kappa shape index (κ2) is 34.5. The average molecular weight is 1600 g/mol. The van der Waals surface area contributed by atoms with Crippen molar-refractivity contribution in [3.05, 3.63) is 189 Å². The Morgan fingerprint density at radius 3 is 2.30 bits per heavy atom. The Morgan fingerprint density at radius 1 is 0.912 bits per heavy atom. The van der Waals surface area contributed by atoms with Crippen LogP contribution in [0.3, 0.4) is 0 Å². The molecule has 37 heteroatoms. The number of amides is 2. The normalized spacial score (nSPS) is 25.3. The molecule has 7 aliphatic heterocycles. The molecule has 1 spiro atoms. The van der Waals surface area contributed by atoms with Crippen LogP contribution >= 0.6 is 0 Å². The maximum atomic E-state index is 15.2. The zero-order valence-electron chi connectivity index (χ0n) is 63.8. The Kier molecular flexibility index (Phi) is 25.5. The molecule has 8 aliphatic rings. The van der Waals surface area contributed by atoms with Crippen LogP contribution in [0.4, 0.5) is 33.2 Å². The van der Waals surface area contributed by atoms with E-state index >= 15 is 4.79 Å². The second-order valence-electron chi connectivity index (χ2n) is 29.0. The predicted molar refractivity (Wildman–Crippen MR) is 414 cm³/mol. The molecule has 602 valence electrons. The van der Waals surface area contributed by atoms with Crippen LogP contribution in [0.25, 0.3) is 10.9 Å². The molecule has 114 heavy (non-hydrogen) atoms. The van der Waals surface area contributed by atoms with Gasteiger partial charge in [0.2, 0.25) is 23.8 Å². The summed E-state index contributed by atoms with van der Waals surface area (Å²) in [6, 6.07) is 16.8. The van der Waals surface area contributed by atoms with Crippen molar-refractivity contribution in [1.82, 2.24) is 49.6 Å². The van der Waals surface area contributed by atoms with Crippen molar-refractivity contribution in [3.63, 3.8) is 0 Å². The summed E-state index contributed by atoms with van der Waals surface area (Å²) in [7, 11) is 6.22. The summed E-state index contributed by atoms with van der Waals surface area (Å²) in [5.41, 5.74) is 4.40. The molecular weight excluding hydrogens is 1510 g/mol. The zero-order chi connectivity index (χ0) is 81.2. The quantitative estimate of drug-likeness (QED) is 0.0193. The minimum absolute atomic E-state index is 0. The summed E-state index contributed by atoms with van der Waals surface area (Å²) in [4.78, 5) is 167. The number of methoxy groups -OCH3 is 3. The van der Waals surface area contributed by atoms with Gasteiger partial charge in [-0.25, -0.2) is 19.2 Å². The van der Waals surface area contributed by atoms with Crippen molar-refractivity contribution in [1.29, 1.82) is 0 Å². The van der Waals surface area contributed by atoms with Gasteiger partial charge in [-0.3, -0.25) is 67.7 Å². The molecule has 15 rings (SSSR count). The van der Waals surface area contributed by atoms with E-state index in [1.807, 2.05) is 47.0 Å². The number of aromatic amines is 5. The Morgan fingerprint density at radius 2 is 1.66 bits per heavy atom. The number of ether oxygens (including phenoxy) is 5. The number of halogens is 1. The molecule has 2 radical (unpaired) electrons. The van der Waals surface area contributed by atoms with E-state index in [1.165, 1.54) is 56.0 Å². The molecular formula is C77H90CaFN15O20. The smallest absolute Gasteiger partial charge is 0.344 e. The summed E-state index contributed by atoms with van der Waals surface area (Å²) in [6.07, 6.45) is 10.8. The first-order valence-corrected chi connectivity index (χ1v) is 36.9. The number of aromatic nitrogens is 7. The number of likely N-dealkylation sites (N-methyl/N-ethyl adjacent to an activating group) is 1. The van der Waals surface area contributed by atoms with Gasteiger partial charge in [0.25, 0.3) is 22.6 Å². The van der Waals surface area contributed by atoms with E-state index < -0.39 is 117 Å². The van der Waals surface area contributed by atoms with Gasteiger partial charge in [0.1, 0.15) is 23.4 Å². The number of benzene rings is 3. The van der Waals surface area contributed by atoms with E-state index in [-0.39, 0.29) is 97.2 Å². The number of esters is 3. The van der Waals surface area contributed by atoms with Gasteiger partial charge in [-0.15, -0.1) is 0 Å². The first kappa shape index (κ1) is 84.2. The molecule has 11 heterocycles. The second-order valence-corrected chi connectivity index (χ2v) is 29.0. The number of carbonyl (C=O) groups is 7. The Balaban J connectivity index is 0.000000188. The van der Waals surface area contributed by atoms with E-state index in [4.69, 9.17) is 34.5 Å². The number of hydrogen-bond donors (Lipinski definition) is 12. The number of nitrogen functional groups attached to an aromatic ring is 1. The van der Waals surface area contributed by atoms with Gasteiger partial charge < -0.3 is 80.5 Å². The van der Waals surface area contributed by atoms with Gasteiger partial charge in [-0.05, 0) is 105 Å². The number of carboxylic acid groups (broad SMARTS) is 2. The SMILES string of the molecule is CCC1=CC2CN(C1)Cc1c([nH]c3ccccc13)[C@@](C(=O)OC)(c1cc3c(cc1OC)N(C)[C@H]1[C@@](O)(C(=O)OC)[C@H](OC(C)=O)[C@]4(CC)C=CCN5CC[C@]31[C@@H]54)C2.Nc1nc2c(c(=O)[nH]1)N(C=O)C(CNc1ccc(C(=O)N[C@@H](CCC(=O)O)C(=O)O)cc1)CN2.O=c1[nH]c(=O)n(C2CCCO2)cc1F.O=c1cc[nH]c(=O)[nH]1.[Ca]. The van der Waals surface area contributed by atoms with Gasteiger partial charge in [-0.1, -0.05) is 55.8 Å². The topological polar surface area (TPSA) is 484 Å². The third-order valence-corrected chi connectivity index (χ3v) is 22.7. The molecule has 7 aromatic rings. The van der Waals surface area contributed by atoms with Crippen LogP contribution in [0.15, 0.2) is 127 Å². The molecule has 1 saturated carbocycles. The van der Waals surface area contributed by atoms with Crippen LogP contribution in [0.2, 0.25) is 0 Å². The number of fused-ring (bicyclic) bond motifs is 7. The number of nitrogens with one attached hydrogen (secondary N) is 8. The summed E-state index contributed by atoms with van der Waals surface area (Å²) in [5, 5.41) is 40.6. The number of carboxylic acids is 2. The van der Waals surface area contributed by atoms with E-state index in [2.05, 4.69) is 89.0 Å². The number of nitrogens with two attached hydrogens (primary N) is 1. The van der Waals surface area contributed by atoms with E-state index in [9.17, 15) is 67.3 Å². The third-order valence-electron chi connectivity index (χ3n) is 22.7. The van der Waals surface area contributed by atoms with E-state index in [1.54, 1.807) is 19.2 Å². The van der Waals surface area contributed by atoms with Crippen molar-refractivity contribution in [2.24, 2.45) is 11.3 Å². The zero-order valence-corrected chi connectivity index (χ0v) is 66.0. The number of para-hydroxylation sites is 1. The average Bonchev–Trinajstić information content (AvgIpc) is 1.46. The third kappa shape index (κ3) is 15.6. The van der Waals surface area contributed by atoms with Crippen LogP contribution < -0.4 is 64.3 Å². The van der Waals surface area contributed by atoms with Gasteiger partial charge >= 0.3 is 41.2 Å². The minimum Gasteiger partial charge on any atom is -0.496 e. The fraction of sp³-hybridized carbons (Fsp3) is 0.442. The number of H-pyrrole nitrogens is 5. The van der Waals surface area contributed by atoms with Gasteiger partial charge in [0.15, 0.2) is 17.6 Å². The van der Waals surface area contributed by atoms with Gasteiger partial charge in [0.05, 0.1) is 39.6 Å². The molecule has 4 unspecified atom stereocenters. The fourth-order valence-electron chi connectivity index (χ4n) is 18.1. The van der Waals surface area contributed by atoms with Gasteiger partial charge in [-0.2, -0.15) is 9.37 Å². The number of anilines is 5. The summed E-state index contributed by atoms with van der Waals surface area (Å²) in [6.45, 7) is 10.3. The summed E-state index contributed by atoms with van der Waals surface area (Å²) in [5.74, 6) is -5.29. The maximum Gasteiger partial charge on any atom is 0.344 e. The monoisotopic (exact) mass is 1600 g/mol. The molecule has 2 saturated heterocycles. The van der Waals surface area contributed by atoms with Crippen molar-refractivity contribution < 1.29 is 77.0 Å². The fourth-order valence-corrected chi connectivity index (χ4v) is 18.1. The number of hydrogen-bond acceptors (Lipinski definition) is 25. The Labute approximate surface area is 679 Å². The first-order chi connectivity index (χ1) is 54.0. The van der Waals surface area contributed by atoms with Crippen LogP contribution in [-0.2, 0) is 65.1 Å². The molecule has 3 aromatic carbocycles. The first-order valence-electron chi connectivity index (χ1n) is 36.9. The molecule has 2 amide bonds.